The van der Waals surface area contributed by atoms with E-state index in [0.717, 1.165) is 10.8 Å². The monoisotopic (exact) mass is 369 g/mol. The van der Waals surface area contributed by atoms with Gasteiger partial charge in [0, 0.05) is 11.1 Å². The summed E-state index contributed by atoms with van der Waals surface area (Å²) in [5.41, 5.74) is 0.663. The number of carbonyl (C=O) groups is 2. The number of hydrogen-bond donors (Lipinski definition) is 1. The molecule has 0 radical (unpaired) electrons. The summed E-state index contributed by atoms with van der Waals surface area (Å²) in [4.78, 5) is 23.8. The van der Waals surface area contributed by atoms with Crippen molar-refractivity contribution in [2.45, 2.75) is 0 Å². The lowest BCUT2D eigenvalue weighted by molar-refractivity contribution is -0.149. The molecule has 1 amide bonds. The van der Waals surface area contributed by atoms with Crippen molar-refractivity contribution in [1.29, 1.82) is 0 Å². The van der Waals surface area contributed by atoms with E-state index in [0.29, 0.717) is 16.5 Å². The highest BCUT2D eigenvalue weighted by Crippen LogP contribution is 2.23. The number of para-hydroxylation sites is 1. The van der Waals surface area contributed by atoms with E-state index in [9.17, 15) is 9.59 Å². The first-order valence-electron chi connectivity index (χ1n) is 7.94. The highest BCUT2D eigenvalue weighted by atomic mass is 35.5. The van der Waals surface area contributed by atoms with Crippen LogP contribution in [-0.2, 0) is 14.3 Å². The van der Waals surface area contributed by atoms with Gasteiger partial charge >= 0.3 is 5.97 Å². The summed E-state index contributed by atoms with van der Waals surface area (Å²) >= 11 is 5.93. The van der Waals surface area contributed by atoms with Gasteiger partial charge in [-0.2, -0.15) is 0 Å². The van der Waals surface area contributed by atoms with E-state index >= 15 is 0 Å². The quantitative estimate of drug-likeness (QED) is 0.666. The SMILES string of the molecule is O=C(COC(=O)COc1ccccc1Cl)Nc1cccc2ccccc12. The maximum absolute atomic E-state index is 12.0. The van der Waals surface area contributed by atoms with Crippen molar-refractivity contribution in [2.75, 3.05) is 18.5 Å². The largest absolute Gasteiger partial charge is 0.480 e. The van der Waals surface area contributed by atoms with Crippen LogP contribution >= 0.6 is 11.6 Å². The maximum atomic E-state index is 12.0. The van der Waals surface area contributed by atoms with E-state index in [1.165, 1.54) is 0 Å². The zero-order chi connectivity index (χ0) is 18.4. The lowest BCUT2D eigenvalue weighted by atomic mass is 10.1. The Hall–Kier alpha value is -3.05. The van der Waals surface area contributed by atoms with E-state index in [1.54, 1.807) is 30.3 Å². The molecule has 0 unspecified atom stereocenters. The Morgan fingerprint density at radius 1 is 0.885 bits per heavy atom. The van der Waals surface area contributed by atoms with Gasteiger partial charge in [-0.1, -0.05) is 60.1 Å². The first kappa shape index (κ1) is 17.8. The van der Waals surface area contributed by atoms with E-state index in [1.807, 2.05) is 36.4 Å². The Labute approximate surface area is 155 Å². The van der Waals surface area contributed by atoms with Gasteiger partial charge in [0.1, 0.15) is 5.75 Å². The molecule has 3 aromatic rings. The fourth-order valence-corrected chi connectivity index (χ4v) is 2.60. The number of rotatable bonds is 6. The van der Waals surface area contributed by atoms with Gasteiger partial charge in [0.2, 0.25) is 0 Å². The second-order valence-electron chi connectivity index (χ2n) is 5.45. The second kappa shape index (κ2) is 8.36. The van der Waals surface area contributed by atoms with Crippen molar-refractivity contribution in [3.8, 4) is 5.75 Å². The number of halogens is 1. The molecular weight excluding hydrogens is 354 g/mol. The first-order valence-corrected chi connectivity index (χ1v) is 8.32. The van der Waals surface area contributed by atoms with Gasteiger partial charge in [0.25, 0.3) is 5.91 Å². The number of nitrogens with one attached hydrogen (secondary N) is 1. The van der Waals surface area contributed by atoms with Crippen LogP contribution in [-0.4, -0.2) is 25.1 Å². The molecule has 0 aliphatic carbocycles. The van der Waals surface area contributed by atoms with Crippen molar-refractivity contribution in [3.05, 3.63) is 71.8 Å². The molecule has 0 bridgehead atoms. The van der Waals surface area contributed by atoms with Gasteiger partial charge < -0.3 is 14.8 Å². The molecule has 0 saturated carbocycles. The number of ether oxygens (including phenoxy) is 2. The van der Waals surface area contributed by atoms with Crippen LogP contribution in [0, 0.1) is 0 Å². The molecule has 0 fully saturated rings. The highest BCUT2D eigenvalue weighted by Gasteiger charge is 2.11. The average Bonchev–Trinajstić information content (AvgIpc) is 2.66. The minimum atomic E-state index is -0.655. The zero-order valence-electron chi connectivity index (χ0n) is 13.8. The Morgan fingerprint density at radius 2 is 1.62 bits per heavy atom. The van der Waals surface area contributed by atoms with Crippen LogP contribution in [0.4, 0.5) is 5.69 Å². The number of amides is 1. The van der Waals surface area contributed by atoms with E-state index in [4.69, 9.17) is 21.1 Å². The van der Waals surface area contributed by atoms with Crippen LogP contribution in [0.2, 0.25) is 5.02 Å². The molecule has 0 atom stereocenters. The lowest BCUT2D eigenvalue weighted by Crippen LogP contribution is -2.23. The van der Waals surface area contributed by atoms with Crippen molar-refractivity contribution in [1.82, 2.24) is 0 Å². The van der Waals surface area contributed by atoms with Gasteiger partial charge in [-0.3, -0.25) is 4.79 Å². The van der Waals surface area contributed by atoms with Gasteiger partial charge in [-0.05, 0) is 23.6 Å². The zero-order valence-corrected chi connectivity index (χ0v) is 14.5. The van der Waals surface area contributed by atoms with E-state index in [-0.39, 0.29) is 6.61 Å². The maximum Gasteiger partial charge on any atom is 0.344 e. The third-order valence-corrected chi connectivity index (χ3v) is 3.92. The molecule has 5 nitrogen and oxygen atoms in total. The average molecular weight is 370 g/mol. The van der Waals surface area contributed by atoms with Crippen LogP contribution in [0.1, 0.15) is 0 Å². The third-order valence-electron chi connectivity index (χ3n) is 3.61. The third kappa shape index (κ3) is 4.52. The second-order valence-corrected chi connectivity index (χ2v) is 5.86. The molecule has 0 aromatic heterocycles. The predicted octanol–water partition coefficient (Wildman–Crippen LogP) is 4.05. The summed E-state index contributed by atoms with van der Waals surface area (Å²) in [5.74, 6) is -0.697. The van der Waals surface area contributed by atoms with E-state index < -0.39 is 18.5 Å². The fourth-order valence-electron chi connectivity index (χ4n) is 2.41. The van der Waals surface area contributed by atoms with Crippen LogP contribution in [0.15, 0.2) is 66.7 Å². The molecule has 0 saturated heterocycles. The van der Waals surface area contributed by atoms with Crippen LogP contribution in [0.3, 0.4) is 0 Å². The highest BCUT2D eigenvalue weighted by molar-refractivity contribution is 6.32. The van der Waals surface area contributed by atoms with Gasteiger partial charge in [0.15, 0.2) is 13.2 Å². The number of anilines is 1. The van der Waals surface area contributed by atoms with Crippen LogP contribution in [0.5, 0.6) is 5.75 Å². The fraction of sp³-hybridized carbons (Fsp3) is 0.100. The Kier molecular flexibility index (Phi) is 5.71. The topological polar surface area (TPSA) is 64.6 Å². The molecule has 1 N–H and O–H groups in total. The van der Waals surface area contributed by atoms with Crippen molar-refractivity contribution < 1.29 is 19.1 Å². The van der Waals surface area contributed by atoms with Crippen molar-refractivity contribution in [2.24, 2.45) is 0 Å². The smallest absolute Gasteiger partial charge is 0.344 e. The van der Waals surface area contributed by atoms with Crippen molar-refractivity contribution in [3.63, 3.8) is 0 Å². The van der Waals surface area contributed by atoms with Gasteiger partial charge in [-0.25, -0.2) is 4.79 Å². The predicted molar refractivity (Wildman–Crippen MR) is 100 cm³/mol. The molecule has 0 heterocycles. The summed E-state index contributed by atoms with van der Waals surface area (Å²) in [5, 5.41) is 5.07. The molecule has 132 valence electrons. The van der Waals surface area contributed by atoms with Crippen molar-refractivity contribution >= 4 is 39.9 Å². The Balaban J connectivity index is 1.50. The number of hydrogen-bond acceptors (Lipinski definition) is 4. The van der Waals surface area contributed by atoms with Gasteiger partial charge in [-0.15, -0.1) is 0 Å². The summed E-state index contributed by atoms with van der Waals surface area (Å²) in [7, 11) is 0. The molecular formula is C20H16ClNO4. The molecule has 3 rings (SSSR count). The minimum absolute atomic E-state index is 0.328. The molecule has 3 aromatic carbocycles. The number of fused-ring (bicyclic) bond motifs is 1. The molecule has 0 aliphatic heterocycles. The van der Waals surface area contributed by atoms with Crippen LogP contribution in [0.25, 0.3) is 10.8 Å². The molecule has 0 spiro atoms. The Morgan fingerprint density at radius 3 is 2.46 bits per heavy atom. The number of benzene rings is 3. The van der Waals surface area contributed by atoms with E-state index in [2.05, 4.69) is 5.32 Å². The molecule has 26 heavy (non-hydrogen) atoms. The first-order chi connectivity index (χ1) is 12.6. The molecule has 0 aliphatic rings. The lowest BCUT2D eigenvalue weighted by Gasteiger charge is -2.10. The van der Waals surface area contributed by atoms with Gasteiger partial charge in [0.05, 0.1) is 5.02 Å². The Bertz CT molecular complexity index is 937. The summed E-state index contributed by atoms with van der Waals surface area (Å²) in [6, 6.07) is 20.1. The summed E-state index contributed by atoms with van der Waals surface area (Å²) in [6.07, 6.45) is 0. The molecule has 6 heteroatoms. The minimum Gasteiger partial charge on any atom is -0.480 e. The number of carbonyl (C=O) groups excluding carboxylic acids is 2. The normalized spacial score (nSPS) is 10.3. The summed E-state index contributed by atoms with van der Waals surface area (Å²) in [6.45, 7) is -0.723. The summed E-state index contributed by atoms with van der Waals surface area (Å²) < 4.78 is 10.2. The standard InChI is InChI=1S/C20H16ClNO4/c21-16-9-3-4-11-18(16)25-13-20(24)26-12-19(23)22-17-10-5-7-14-6-1-2-8-15(14)17/h1-11H,12-13H2,(H,22,23). The number of esters is 1. The van der Waals surface area contributed by atoms with Crippen LogP contribution < -0.4 is 10.1 Å².